The lowest BCUT2D eigenvalue weighted by molar-refractivity contribution is -0.137. The average molecular weight is 392 g/mol. The molecule has 1 aromatic heterocycles. The maximum atomic E-state index is 13.2. The average Bonchev–Trinajstić information content (AvgIpc) is 3.44. The van der Waals surface area contributed by atoms with Crippen LogP contribution in [0.25, 0.3) is 5.69 Å². The number of hydrogen-bond donors (Lipinski definition) is 0. The van der Waals surface area contributed by atoms with Crippen molar-refractivity contribution in [3.63, 3.8) is 0 Å². The van der Waals surface area contributed by atoms with Gasteiger partial charge in [-0.25, -0.2) is 4.68 Å². The van der Waals surface area contributed by atoms with Crippen LogP contribution in [0.4, 0.5) is 13.2 Å². The Morgan fingerprint density at radius 1 is 1.14 bits per heavy atom. The second-order valence-electron chi connectivity index (χ2n) is 7.63. The molecule has 4 rings (SSSR count). The molecule has 0 spiro atoms. The van der Waals surface area contributed by atoms with Crippen molar-refractivity contribution in [2.24, 2.45) is 0 Å². The minimum Gasteiger partial charge on any atom is -0.337 e. The van der Waals surface area contributed by atoms with E-state index in [1.807, 2.05) is 11.9 Å². The van der Waals surface area contributed by atoms with Crippen molar-refractivity contribution in [3.05, 3.63) is 47.3 Å². The highest BCUT2D eigenvalue weighted by molar-refractivity contribution is 5.95. The molecule has 0 radical (unpaired) electrons. The lowest BCUT2D eigenvalue weighted by Crippen LogP contribution is -2.34. The molecule has 0 bridgehead atoms. The molecule has 1 aliphatic heterocycles. The van der Waals surface area contributed by atoms with E-state index in [9.17, 15) is 18.0 Å². The summed E-state index contributed by atoms with van der Waals surface area (Å²) in [5.74, 6) is 0.0982. The third-order valence-electron chi connectivity index (χ3n) is 5.43. The minimum atomic E-state index is -4.42. The zero-order valence-corrected chi connectivity index (χ0v) is 15.7. The van der Waals surface area contributed by atoms with Crippen molar-refractivity contribution < 1.29 is 18.0 Å². The van der Waals surface area contributed by atoms with Crippen LogP contribution in [0.5, 0.6) is 0 Å². The fraction of sp³-hybridized carbons (Fsp3) is 0.500. The zero-order chi connectivity index (χ0) is 19.9. The van der Waals surface area contributed by atoms with E-state index in [2.05, 4.69) is 10.00 Å². The van der Waals surface area contributed by atoms with E-state index in [0.717, 1.165) is 50.2 Å². The molecule has 150 valence electrons. The molecule has 28 heavy (non-hydrogen) atoms. The monoisotopic (exact) mass is 392 g/mol. The summed E-state index contributed by atoms with van der Waals surface area (Å²) in [6.07, 6.45) is -0.144. The van der Waals surface area contributed by atoms with Crippen LogP contribution in [0, 0.1) is 0 Å². The van der Waals surface area contributed by atoms with Gasteiger partial charge in [0.25, 0.3) is 5.91 Å². The van der Waals surface area contributed by atoms with Crippen molar-refractivity contribution in [2.45, 2.75) is 31.4 Å². The highest BCUT2D eigenvalue weighted by atomic mass is 19.4. The predicted molar refractivity (Wildman–Crippen MR) is 98.6 cm³/mol. The standard InChI is InChI=1S/C20H23F3N4O/c1-25-8-3-9-26(11-10-25)19(28)17-13-24-27(18(17)14-6-7-14)16-5-2-4-15(12-16)20(21,22)23/h2,4-5,12-14H,3,6-11H2,1H3. The van der Waals surface area contributed by atoms with Gasteiger partial charge in [0, 0.05) is 25.6 Å². The molecule has 0 N–H and O–H groups in total. The smallest absolute Gasteiger partial charge is 0.337 e. The Morgan fingerprint density at radius 3 is 2.64 bits per heavy atom. The Kier molecular flexibility index (Phi) is 4.91. The first-order chi connectivity index (χ1) is 13.3. The molecule has 5 nitrogen and oxygen atoms in total. The van der Waals surface area contributed by atoms with Crippen LogP contribution in [-0.4, -0.2) is 58.7 Å². The van der Waals surface area contributed by atoms with Crippen molar-refractivity contribution in [1.29, 1.82) is 0 Å². The first kappa shape index (κ1) is 19.0. The van der Waals surface area contributed by atoms with Gasteiger partial charge in [0.05, 0.1) is 28.7 Å². The van der Waals surface area contributed by atoms with Crippen LogP contribution >= 0.6 is 0 Å². The van der Waals surface area contributed by atoms with Gasteiger partial charge in [-0.15, -0.1) is 0 Å². The van der Waals surface area contributed by atoms with Gasteiger partial charge in [-0.05, 0) is 51.1 Å². The van der Waals surface area contributed by atoms with E-state index in [4.69, 9.17) is 0 Å². The number of likely N-dealkylation sites (N-methyl/N-ethyl adjacent to an activating group) is 1. The number of aromatic nitrogens is 2. The number of carbonyl (C=O) groups is 1. The summed E-state index contributed by atoms with van der Waals surface area (Å²) in [5, 5.41) is 4.32. The minimum absolute atomic E-state index is 0.0737. The Bertz CT molecular complexity index is 873. The normalized spacial score (nSPS) is 18.9. The third-order valence-corrected chi connectivity index (χ3v) is 5.43. The first-order valence-corrected chi connectivity index (χ1v) is 9.58. The van der Waals surface area contributed by atoms with E-state index in [1.165, 1.54) is 16.9 Å². The summed E-state index contributed by atoms with van der Waals surface area (Å²) in [4.78, 5) is 17.2. The molecule has 8 heteroatoms. The molecule has 1 aliphatic carbocycles. The topological polar surface area (TPSA) is 41.4 Å². The van der Waals surface area contributed by atoms with Crippen LogP contribution < -0.4 is 0 Å². The van der Waals surface area contributed by atoms with Gasteiger partial charge >= 0.3 is 6.18 Å². The zero-order valence-electron chi connectivity index (χ0n) is 15.7. The summed E-state index contributed by atoms with van der Waals surface area (Å²) >= 11 is 0. The highest BCUT2D eigenvalue weighted by Crippen LogP contribution is 2.43. The summed E-state index contributed by atoms with van der Waals surface area (Å²) in [5.41, 5.74) is 0.878. The van der Waals surface area contributed by atoms with Gasteiger partial charge in [0.1, 0.15) is 0 Å². The van der Waals surface area contributed by atoms with Crippen LogP contribution in [0.15, 0.2) is 30.5 Å². The van der Waals surface area contributed by atoms with Crippen molar-refractivity contribution in [3.8, 4) is 5.69 Å². The summed E-state index contributed by atoms with van der Waals surface area (Å²) in [6.45, 7) is 3.09. The number of benzene rings is 1. The number of alkyl halides is 3. The maximum Gasteiger partial charge on any atom is 0.416 e. The van der Waals surface area contributed by atoms with Gasteiger partial charge < -0.3 is 9.80 Å². The molecule has 0 unspecified atom stereocenters. The fourth-order valence-corrected chi connectivity index (χ4v) is 3.71. The summed E-state index contributed by atoms with van der Waals surface area (Å²) in [6, 6.07) is 5.11. The molecule has 0 atom stereocenters. The fourth-order valence-electron chi connectivity index (χ4n) is 3.71. The molecule has 1 aromatic carbocycles. The van der Waals surface area contributed by atoms with Gasteiger partial charge in [-0.1, -0.05) is 6.07 Å². The number of rotatable bonds is 3. The molecule has 2 heterocycles. The van der Waals surface area contributed by atoms with Crippen molar-refractivity contribution >= 4 is 5.91 Å². The number of amides is 1. The second kappa shape index (κ2) is 7.24. The molecule has 2 fully saturated rings. The first-order valence-electron chi connectivity index (χ1n) is 9.58. The van der Waals surface area contributed by atoms with E-state index in [1.54, 1.807) is 6.07 Å². The third kappa shape index (κ3) is 3.78. The van der Waals surface area contributed by atoms with Gasteiger partial charge in [0.15, 0.2) is 0 Å². The Balaban J connectivity index is 1.68. The van der Waals surface area contributed by atoms with Crippen LogP contribution in [-0.2, 0) is 6.18 Å². The van der Waals surface area contributed by atoms with Gasteiger partial charge in [-0.2, -0.15) is 18.3 Å². The van der Waals surface area contributed by atoms with E-state index in [0.29, 0.717) is 24.3 Å². The SMILES string of the molecule is CN1CCCN(C(=O)c2cnn(-c3cccc(C(F)(F)F)c3)c2C2CC2)CC1. The molecule has 1 saturated carbocycles. The second-order valence-corrected chi connectivity index (χ2v) is 7.63. The Morgan fingerprint density at radius 2 is 1.93 bits per heavy atom. The van der Waals surface area contributed by atoms with Crippen molar-refractivity contribution in [1.82, 2.24) is 19.6 Å². The number of halogens is 3. The van der Waals surface area contributed by atoms with E-state index < -0.39 is 11.7 Å². The van der Waals surface area contributed by atoms with Crippen molar-refractivity contribution in [2.75, 3.05) is 33.2 Å². The van der Waals surface area contributed by atoms with E-state index in [-0.39, 0.29) is 11.8 Å². The molecule has 1 amide bonds. The lowest BCUT2D eigenvalue weighted by Gasteiger charge is -2.21. The van der Waals surface area contributed by atoms with Crippen LogP contribution in [0.1, 0.15) is 46.8 Å². The Labute approximate surface area is 161 Å². The maximum absolute atomic E-state index is 13.2. The number of nitrogens with zero attached hydrogens (tertiary/aromatic N) is 4. The lowest BCUT2D eigenvalue weighted by atomic mass is 10.1. The Hall–Kier alpha value is -2.35. The highest BCUT2D eigenvalue weighted by Gasteiger charge is 2.35. The largest absolute Gasteiger partial charge is 0.416 e. The quantitative estimate of drug-likeness (QED) is 0.802. The van der Waals surface area contributed by atoms with E-state index >= 15 is 0 Å². The van der Waals surface area contributed by atoms with Crippen LogP contribution in [0.3, 0.4) is 0 Å². The predicted octanol–water partition coefficient (Wildman–Crippen LogP) is 3.55. The summed E-state index contributed by atoms with van der Waals surface area (Å²) < 4.78 is 40.8. The summed E-state index contributed by atoms with van der Waals surface area (Å²) in [7, 11) is 2.04. The van der Waals surface area contributed by atoms with Gasteiger partial charge in [0.2, 0.25) is 0 Å². The van der Waals surface area contributed by atoms with Crippen LogP contribution in [0.2, 0.25) is 0 Å². The van der Waals surface area contributed by atoms with Gasteiger partial charge in [-0.3, -0.25) is 4.79 Å². The molecule has 2 aliphatic rings. The molecular formula is C20H23F3N4O. The molecule has 1 saturated heterocycles. The molecule has 2 aromatic rings. The number of hydrogen-bond acceptors (Lipinski definition) is 3. The molecular weight excluding hydrogens is 369 g/mol. The number of carbonyl (C=O) groups excluding carboxylic acids is 1.